The summed E-state index contributed by atoms with van der Waals surface area (Å²) >= 11 is 0. The number of H-pyrrole nitrogens is 1. The molecule has 8 nitrogen and oxygen atoms in total. The van der Waals surface area contributed by atoms with Crippen LogP contribution in [0.2, 0.25) is 0 Å². The highest BCUT2D eigenvalue weighted by Gasteiger charge is 2.46. The summed E-state index contributed by atoms with van der Waals surface area (Å²) in [5.74, 6) is 3.89. The van der Waals surface area contributed by atoms with Crippen LogP contribution in [0.3, 0.4) is 0 Å². The monoisotopic (exact) mass is 327 g/mol. The molecule has 1 aliphatic heterocycles. The fourth-order valence-corrected chi connectivity index (χ4v) is 3.87. The van der Waals surface area contributed by atoms with Crippen LogP contribution in [0, 0.1) is 11.8 Å². The summed E-state index contributed by atoms with van der Waals surface area (Å²) in [6.07, 6.45) is 6.61. The van der Waals surface area contributed by atoms with Gasteiger partial charge in [0.2, 0.25) is 0 Å². The summed E-state index contributed by atoms with van der Waals surface area (Å²) in [6.45, 7) is 1.47. The van der Waals surface area contributed by atoms with Crippen molar-refractivity contribution in [3.05, 3.63) is 23.5 Å². The van der Waals surface area contributed by atoms with Crippen molar-refractivity contribution >= 4 is 5.91 Å². The van der Waals surface area contributed by atoms with Crippen molar-refractivity contribution < 1.29 is 4.79 Å². The summed E-state index contributed by atoms with van der Waals surface area (Å²) < 4.78 is 1.57. The van der Waals surface area contributed by atoms with E-state index in [-0.39, 0.29) is 11.8 Å². The standard InChI is InChI=1S/C16H21N7O/c1-22-8-13(18-21-22)16(24)23-6-11(9-2-3-9)12(7-23)15-17-14(19-20-15)10-4-5-10/h8-12H,2-7H2,1H3,(H,17,19,20)/t11-,12+/m1/s1. The zero-order valence-electron chi connectivity index (χ0n) is 13.7. The Labute approximate surface area is 139 Å². The number of aromatic amines is 1. The molecule has 126 valence electrons. The SMILES string of the molecule is Cn1cc(C(=O)N2C[C@H](c3nc(C4CC4)n[nH]3)[C@@H](C3CC3)C2)nn1. The molecule has 3 aliphatic rings. The van der Waals surface area contributed by atoms with E-state index in [1.54, 1.807) is 17.9 Å². The van der Waals surface area contributed by atoms with Crippen LogP contribution < -0.4 is 0 Å². The van der Waals surface area contributed by atoms with Crippen LogP contribution in [0.1, 0.15) is 59.7 Å². The van der Waals surface area contributed by atoms with Crippen molar-refractivity contribution in [3.63, 3.8) is 0 Å². The quantitative estimate of drug-likeness (QED) is 0.907. The molecule has 0 spiro atoms. The van der Waals surface area contributed by atoms with E-state index in [0.29, 0.717) is 30.0 Å². The van der Waals surface area contributed by atoms with Gasteiger partial charge in [0.15, 0.2) is 11.5 Å². The molecule has 5 rings (SSSR count). The zero-order valence-corrected chi connectivity index (χ0v) is 13.7. The van der Waals surface area contributed by atoms with Gasteiger partial charge >= 0.3 is 0 Å². The molecule has 2 aliphatic carbocycles. The van der Waals surface area contributed by atoms with Crippen molar-refractivity contribution in [2.75, 3.05) is 13.1 Å². The molecule has 0 unspecified atom stereocenters. The third kappa shape index (κ3) is 2.40. The Hall–Kier alpha value is -2.25. The molecule has 2 atom stereocenters. The second-order valence-electron chi connectivity index (χ2n) is 7.45. The number of nitrogens with zero attached hydrogens (tertiary/aromatic N) is 6. The maximum absolute atomic E-state index is 12.7. The number of likely N-dealkylation sites (tertiary alicyclic amines) is 1. The van der Waals surface area contributed by atoms with E-state index in [9.17, 15) is 4.79 Å². The first-order valence-electron chi connectivity index (χ1n) is 8.77. The first kappa shape index (κ1) is 14.1. The average Bonchev–Trinajstić information content (AvgIpc) is 3.47. The predicted octanol–water partition coefficient (Wildman–Crippen LogP) is 1.08. The second kappa shape index (κ2) is 5.12. The number of hydrogen-bond acceptors (Lipinski definition) is 5. The van der Waals surface area contributed by atoms with Gasteiger partial charge in [0.25, 0.3) is 5.91 Å². The third-order valence-electron chi connectivity index (χ3n) is 5.52. The molecule has 24 heavy (non-hydrogen) atoms. The highest BCUT2D eigenvalue weighted by molar-refractivity contribution is 5.92. The summed E-state index contributed by atoms with van der Waals surface area (Å²) in [5, 5.41) is 15.4. The molecule has 3 fully saturated rings. The Balaban J connectivity index is 1.38. The van der Waals surface area contributed by atoms with E-state index in [0.717, 1.165) is 18.2 Å². The number of carbonyl (C=O) groups is 1. The molecule has 2 aromatic rings. The minimum absolute atomic E-state index is 0.0295. The highest BCUT2D eigenvalue weighted by atomic mass is 16.2. The van der Waals surface area contributed by atoms with E-state index in [2.05, 4.69) is 20.5 Å². The Morgan fingerprint density at radius 1 is 1.25 bits per heavy atom. The molecule has 0 aromatic carbocycles. The lowest BCUT2D eigenvalue weighted by Gasteiger charge is -2.14. The minimum Gasteiger partial charge on any atom is -0.336 e. The van der Waals surface area contributed by atoms with E-state index in [4.69, 9.17) is 4.98 Å². The molecule has 0 radical (unpaired) electrons. The van der Waals surface area contributed by atoms with Crippen molar-refractivity contribution in [2.24, 2.45) is 18.9 Å². The van der Waals surface area contributed by atoms with Crippen LogP contribution in [0.25, 0.3) is 0 Å². The van der Waals surface area contributed by atoms with Crippen LogP contribution in [0.15, 0.2) is 6.20 Å². The topological polar surface area (TPSA) is 92.6 Å². The van der Waals surface area contributed by atoms with Crippen molar-refractivity contribution in [3.8, 4) is 0 Å². The summed E-state index contributed by atoms with van der Waals surface area (Å²) in [5.41, 5.74) is 0.420. The van der Waals surface area contributed by atoms with Gasteiger partial charge in [-0.05, 0) is 37.5 Å². The van der Waals surface area contributed by atoms with Crippen molar-refractivity contribution in [2.45, 2.75) is 37.5 Å². The normalized spacial score (nSPS) is 27.0. The van der Waals surface area contributed by atoms with Crippen LogP contribution in [0.5, 0.6) is 0 Å². The van der Waals surface area contributed by atoms with Gasteiger partial charge in [-0.25, -0.2) is 4.98 Å². The number of amides is 1. The molecule has 2 saturated carbocycles. The van der Waals surface area contributed by atoms with Crippen LogP contribution in [-0.2, 0) is 7.05 Å². The summed E-state index contributed by atoms with van der Waals surface area (Å²) in [4.78, 5) is 19.4. The number of carbonyl (C=O) groups excluding carboxylic acids is 1. The number of rotatable bonds is 4. The molecule has 0 bridgehead atoms. The molecular formula is C16H21N7O. The number of nitrogens with one attached hydrogen (secondary N) is 1. The maximum atomic E-state index is 12.7. The second-order valence-corrected chi connectivity index (χ2v) is 7.45. The lowest BCUT2D eigenvalue weighted by atomic mass is 9.91. The van der Waals surface area contributed by atoms with E-state index >= 15 is 0 Å². The first-order valence-corrected chi connectivity index (χ1v) is 8.77. The van der Waals surface area contributed by atoms with Crippen molar-refractivity contribution in [1.82, 2.24) is 35.1 Å². The predicted molar refractivity (Wildman–Crippen MR) is 84.2 cm³/mol. The molecule has 1 saturated heterocycles. The number of hydrogen-bond donors (Lipinski definition) is 1. The van der Waals surface area contributed by atoms with Gasteiger partial charge in [0.1, 0.15) is 5.82 Å². The van der Waals surface area contributed by atoms with Crippen molar-refractivity contribution in [1.29, 1.82) is 0 Å². The number of aromatic nitrogens is 6. The summed E-state index contributed by atoms with van der Waals surface area (Å²) in [6, 6.07) is 0. The Morgan fingerprint density at radius 2 is 2.08 bits per heavy atom. The Bertz CT molecular complexity index is 773. The maximum Gasteiger partial charge on any atom is 0.276 e. The van der Waals surface area contributed by atoms with Crippen LogP contribution in [0.4, 0.5) is 0 Å². The smallest absolute Gasteiger partial charge is 0.276 e. The van der Waals surface area contributed by atoms with Gasteiger partial charge in [0, 0.05) is 32.0 Å². The molecule has 2 aromatic heterocycles. The first-order chi connectivity index (χ1) is 11.7. The van der Waals surface area contributed by atoms with Crippen LogP contribution >= 0.6 is 0 Å². The lowest BCUT2D eigenvalue weighted by Crippen LogP contribution is -2.29. The van der Waals surface area contributed by atoms with Gasteiger partial charge in [-0.1, -0.05) is 5.21 Å². The largest absolute Gasteiger partial charge is 0.336 e. The van der Waals surface area contributed by atoms with E-state index in [1.165, 1.54) is 25.7 Å². The van der Waals surface area contributed by atoms with Gasteiger partial charge in [-0.15, -0.1) is 5.10 Å². The summed E-state index contributed by atoms with van der Waals surface area (Å²) in [7, 11) is 1.78. The highest BCUT2D eigenvalue weighted by Crippen LogP contribution is 2.47. The molecule has 1 N–H and O–H groups in total. The Morgan fingerprint density at radius 3 is 2.75 bits per heavy atom. The fraction of sp³-hybridized carbons (Fsp3) is 0.688. The number of aryl methyl sites for hydroxylation is 1. The third-order valence-corrected chi connectivity index (χ3v) is 5.52. The fourth-order valence-electron chi connectivity index (χ4n) is 3.87. The van der Waals surface area contributed by atoms with Gasteiger partial charge < -0.3 is 4.90 Å². The van der Waals surface area contributed by atoms with Gasteiger partial charge in [0.05, 0.1) is 6.20 Å². The van der Waals surface area contributed by atoms with Gasteiger partial charge in [-0.2, -0.15) is 5.10 Å². The molecule has 3 heterocycles. The van der Waals surface area contributed by atoms with Crippen LogP contribution in [-0.4, -0.2) is 54.1 Å². The average molecular weight is 327 g/mol. The van der Waals surface area contributed by atoms with E-state index in [1.807, 2.05) is 4.90 Å². The van der Waals surface area contributed by atoms with Gasteiger partial charge in [-0.3, -0.25) is 14.6 Å². The molecule has 8 heteroatoms. The van der Waals surface area contributed by atoms with E-state index < -0.39 is 0 Å². The molecular weight excluding hydrogens is 306 g/mol. The molecule has 1 amide bonds. The Kier molecular flexibility index (Phi) is 3.01. The zero-order chi connectivity index (χ0) is 16.3. The lowest BCUT2D eigenvalue weighted by molar-refractivity contribution is 0.0778. The minimum atomic E-state index is -0.0295.